The summed E-state index contributed by atoms with van der Waals surface area (Å²) in [5.41, 5.74) is 1.47. The normalized spacial score (nSPS) is 10.7. The van der Waals surface area contributed by atoms with Crippen LogP contribution in [0.1, 0.15) is 26.6 Å². The molecule has 0 fully saturated rings. The van der Waals surface area contributed by atoms with Gasteiger partial charge in [-0.2, -0.15) is 0 Å². The van der Waals surface area contributed by atoms with Crippen molar-refractivity contribution in [2.75, 3.05) is 6.54 Å². The molecule has 0 unspecified atom stereocenters. The highest BCUT2D eigenvalue weighted by molar-refractivity contribution is 7.09. The van der Waals surface area contributed by atoms with E-state index in [4.69, 9.17) is 5.11 Å². The number of nitrogens with zero attached hydrogens (tertiary/aromatic N) is 1. The summed E-state index contributed by atoms with van der Waals surface area (Å²) in [6.07, 6.45) is 0.768. The van der Waals surface area contributed by atoms with Gasteiger partial charge in [0, 0.05) is 30.5 Å². The molecule has 0 aliphatic carbocycles. The molecule has 0 atom stereocenters. The van der Waals surface area contributed by atoms with Crippen LogP contribution in [0.15, 0.2) is 23.6 Å². The molecule has 4 nitrogen and oxygen atoms in total. The van der Waals surface area contributed by atoms with Gasteiger partial charge in [0.2, 0.25) is 0 Å². The monoisotopic (exact) mass is 294 g/mol. The Hall–Kier alpha value is -1.79. The number of aromatic nitrogens is 1. The summed E-state index contributed by atoms with van der Waals surface area (Å²) in [6, 6.07) is 3.81. The van der Waals surface area contributed by atoms with Crippen LogP contribution < -0.4 is 5.32 Å². The summed E-state index contributed by atoms with van der Waals surface area (Å²) in [5, 5.41) is 15.0. The van der Waals surface area contributed by atoms with Crippen molar-refractivity contribution >= 4 is 17.3 Å². The summed E-state index contributed by atoms with van der Waals surface area (Å²) in [6.45, 7) is 2.92. The van der Waals surface area contributed by atoms with E-state index in [9.17, 15) is 9.18 Å². The van der Waals surface area contributed by atoms with Crippen molar-refractivity contribution < 1.29 is 14.3 Å². The highest BCUT2D eigenvalue weighted by Gasteiger charge is 2.08. The fraction of sp³-hybridized carbons (Fsp3) is 0.286. The molecule has 0 bridgehead atoms. The fourth-order valence-corrected chi connectivity index (χ4v) is 2.45. The number of carbonyl (C=O) groups is 1. The maximum atomic E-state index is 13.5. The molecular weight excluding hydrogens is 279 g/mol. The first-order valence-corrected chi connectivity index (χ1v) is 7.07. The number of carboxylic acid groups (broad SMARTS) is 1. The van der Waals surface area contributed by atoms with Crippen LogP contribution in [0.2, 0.25) is 0 Å². The third-order valence-electron chi connectivity index (χ3n) is 2.83. The molecule has 0 aliphatic rings. The Balaban J connectivity index is 1.87. The maximum Gasteiger partial charge on any atom is 0.335 e. The van der Waals surface area contributed by atoms with Crippen molar-refractivity contribution in [2.45, 2.75) is 19.9 Å². The highest BCUT2D eigenvalue weighted by atomic mass is 32.1. The van der Waals surface area contributed by atoms with Crippen LogP contribution in [0, 0.1) is 12.7 Å². The van der Waals surface area contributed by atoms with Gasteiger partial charge < -0.3 is 10.4 Å². The number of aryl methyl sites for hydroxylation is 1. The topological polar surface area (TPSA) is 62.2 Å². The van der Waals surface area contributed by atoms with E-state index in [1.165, 1.54) is 18.2 Å². The van der Waals surface area contributed by atoms with Crippen LogP contribution in [0.25, 0.3) is 0 Å². The van der Waals surface area contributed by atoms with Gasteiger partial charge in [-0.1, -0.05) is 0 Å². The lowest BCUT2D eigenvalue weighted by Gasteiger charge is -2.06. The van der Waals surface area contributed by atoms with Crippen LogP contribution in [0.4, 0.5) is 4.39 Å². The van der Waals surface area contributed by atoms with Crippen molar-refractivity contribution in [3.05, 3.63) is 51.2 Å². The molecule has 106 valence electrons. The van der Waals surface area contributed by atoms with E-state index in [0.29, 0.717) is 18.7 Å². The first-order valence-electron chi connectivity index (χ1n) is 6.19. The lowest BCUT2D eigenvalue weighted by atomic mass is 10.1. The SMILES string of the molecule is Cc1nc(CCNCc2cc(C(=O)O)ccc2F)cs1. The predicted octanol–water partition coefficient (Wildman–Crippen LogP) is 2.62. The largest absolute Gasteiger partial charge is 0.478 e. The average Bonchev–Trinajstić information content (AvgIpc) is 2.82. The first-order chi connectivity index (χ1) is 9.56. The third-order valence-corrected chi connectivity index (χ3v) is 3.65. The molecule has 0 spiro atoms. The Morgan fingerprint density at radius 1 is 1.50 bits per heavy atom. The zero-order chi connectivity index (χ0) is 14.5. The molecular formula is C14H15FN2O2S. The predicted molar refractivity (Wildman–Crippen MR) is 75.6 cm³/mol. The average molecular weight is 294 g/mol. The second-order valence-electron chi connectivity index (χ2n) is 4.40. The molecule has 2 N–H and O–H groups in total. The molecule has 0 amide bonds. The molecule has 0 saturated carbocycles. The van der Waals surface area contributed by atoms with Gasteiger partial charge in [-0.25, -0.2) is 14.2 Å². The van der Waals surface area contributed by atoms with E-state index in [2.05, 4.69) is 10.3 Å². The number of benzene rings is 1. The Morgan fingerprint density at radius 3 is 2.95 bits per heavy atom. The molecule has 2 rings (SSSR count). The smallest absolute Gasteiger partial charge is 0.335 e. The quantitative estimate of drug-likeness (QED) is 0.804. The Kier molecular flexibility index (Phi) is 4.81. The van der Waals surface area contributed by atoms with Crippen molar-refractivity contribution in [3.63, 3.8) is 0 Å². The van der Waals surface area contributed by atoms with E-state index in [1.807, 2.05) is 12.3 Å². The van der Waals surface area contributed by atoms with Crippen molar-refractivity contribution in [3.8, 4) is 0 Å². The number of carboxylic acids is 1. The molecule has 2 aromatic rings. The van der Waals surface area contributed by atoms with Crippen molar-refractivity contribution in [2.24, 2.45) is 0 Å². The fourth-order valence-electron chi connectivity index (χ4n) is 1.81. The zero-order valence-corrected chi connectivity index (χ0v) is 11.8. The van der Waals surface area contributed by atoms with E-state index in [0.717, 1.165) is 17.1 Å². The number of halogens is 1. The van der Waals surface area contributed by atoms with Gasteiger partial charge in [-0.15, -0.1) is 11.3 Å². The molecule has 1 heterocycles. The number of nitrogens with one attached hydrogen (secondary N) is 1. The Labute approximate surface area is 120 Å². The molecule has 6 heteroatoms. The minimum Gasteiger partial charge on any atom is -0.478 e. The van der Waals surface area contributed by atoms with Crippen LogP contribution >= 0.6 is 11.3 Å². The zero-order valence-electron chi connectivity index (χ0n) is 11.0. The number of aromatic carboxylic acids is 1. The Morgan fingerprint density at radius 2 is 2.30 bits per heavy atom. The minimum atomic E-state index is -1.05. The molecule has 0 aliphatic heterocycles. The molecule has 0 radical (unpaired) electrons. The van der Waals surface area contributed by atoms with Gasteiger partial charge >= 0.3 is 5.97 Å². The highest BCUT2D eigenvalue weighted by Crippen LogP contribution is 2.11. The molecule has 1 aromatic heterocycles. The number of hydrogen-bond donors (Lipinski definition) is 2. The molecule has 20 heavy (non-hydrogen) atoms. The summed E-state index contributed by atoms with van der Waals surface area (Å²) < 4.78 is 13.5. The van der Waals surface area contributed by atoms with Gasteiger partial charge in [0.15, 0.2) is 0 Å². The van der Waals surface area contributed by atoms with Gasteiger partial charge in [0.1, 0.15) is 5.82 Å². The van der Waals surface area contributed by atoms with Crippen LogP contribution in [-0.4, -0.2) is 22.6 Å². The summed E-state index contributed by atoms with van der Waals surface area (Å²) >= 11 is 1.60. The molecule has 0 saturated heterocycles. The lowest BCUT2D eigenvalue weighted by Crippen LogP contribution is -2.18. The Bertz CT molecular complexity index is 613. The number of thiazole rings is 1. The first kappa shape index (κ1) is 14.6. The standard InChI is InChI=1S/C14H15FN2O2S/c1-9-17-12(8-20-9)4-5-16-7-11-6-10(14(18)19)2-3-13(11)15/h2-3,6,8,16H,4-5,7H2,1H3,(H,18,19). The van der Waals surface area contributed by atoms with E-state index in [-0.39, 0.29) is 5.56 Å². The van der Waals surface area contributed by atoms with Crippen LogP contribution in [0.5, 0.6) is 0 Å². The van der Waals surface area contributed by atoms with Gasteiger partial charge in [0.05, 0.1) is 16.3 Å². The molecule has 1 aromatic carbocycles. The summed E-state index contributed by atoms with van der Waals surface area (Å²) in [5.74, 6) is -1.45. The van der Waals surface area contributed by atoms with Crippen LogP contribution in [0.3, 0.4) is 0 Å². The van der Waals surface area contributed by atoms with Gasteiger partial charge in [0.25, 0.3) is 0 Å². The van der Waals surface area contributed by atoms with Gasteiger partial charge in [-0.3, -0.25) is 0 Å². The second-order valence-corrected chi connectivity index (χ2v) is 5.46. The van der Waals surface area contributed by atoms with Gasteiger partial charge in [-0.05, 0) is 25.1 Å². The number of rotatable bonds is 6. The summed E-state index contributed by atoms with van der Waals surface area (Å²) in [4.78, 5) is 15.2. The van der Waals surface area contributed by atoms with Crippen LogP contribution in [-0.2, 0) is 13.0 Å². The second kappa shape index (κ2) is 6.58. The van der Waals surface area contributed by atoms with E-state index >= 15 is 0 Å². The maximum absolute atomic E-state index is 13.5. The summed E-state index contributed by atoms with van der Waals surface area (Å²) in [7, 11) is 0. The lowest BCUT2D eigenvalue weighted by molar-refractivity contribution is 0.0696. The minimum absolute atomic E-state index is 0.0957. The van der Waals surface area contributed by atoms with Crippen molar-refractivity contribution in [1.29, 1.82) is 0 Å². The van der Waals surface area contributed by atoms with E-state index in [1.54, 1.807) is 11.3 Å². The van der Waals surface area contributed by atoms with Crippen molar-refractivity contribution in [1.82, 2.24) is 10.3 Å². The third kappa shape index (κ3) is 3.85. The van der Waals surface area contributed by atoms with E-state index < -0.39 is 11.8 Å². The number of hydrogen-bond acceptors (Lipinski definition) is 4.